The fraction of sp³-hybridized carbons (Fsp3) is 0.900. The zero-order valence-corrected chi connectivity index (χ0v) is 18.1. The van der Waals surface area contributed by atoms with Crippen LogP contribution in [0.25, 0.3) is 0 Å². The van der Waals surface area contributed by atoms with E-state index in [1.54, 1.807) is 11.9 Å². The van der Waals surface area contributed by atoms with Gasteiger partial charge < -0.3 is 14.4 Å². The van der Waals surface area contributed by atoms with Crippen molar-refractivity contribution in [2.24, 2.45) is 11.8 Å². The maximum atomic E-state index is 12.6. The van der Waals surface area contributed by atoms with Crippen LogP contribution in [0.15, 0.2) is 0 Å². The zero-order valence-electron chi connectivity index (χ0n) is 17.2. The van der Waals surface area contributed by atoms with Crippen LogP contribution in [0, 0.1) is 11.8 Å². The van der Waals surface area contributed by atoms with E-state index in [9.17, 15) is 9.59 Å². The van der Waals surface area contributed by atoms with Crippen LogP contribution in [-0.4, -0.2) is 61.0 Å². The van der Waals surface area contributed by atoms with Crippen LogP contribution in [-0.2, 0) is 19.1 Å². The summed E-state index contributed by atoms with van der Waals surface area (Å²) in [6.45, 7) is 6.99. The molecular formula is C20H36N2O4S. The maximum absolute atomic E-state index is 12.6. The van der Waals surface area contributed by atoms with E-state index in [1.165, 1.54) is 19.8 Å². The summed E-state index contributed by atoms with van der Waals surface area (Å²) in [6.07, 6.45) is 8.94. The van der Waals surface area contributed by atoms with Gasteiger partial charge in [-0.3, -0.25) is 14.3 Å². The molecule has 156 valence electrons. The topological polar surface area (TPSA) is 67.9 Å². The molecule has 1 saturated heterocycles. The number of esters is 1. The van der Waals surface area contributed by atoms with E-state index in [4.69, 9.17) is 9.47 Å². The van der Waals surface area contributed by atoms with Crippen molar-refractivity contribution in [1.82, 2.24) is 9.62 Å². The summed E-state index contributed by atoms with van der Waals surface area (Å²) in [7, 11) is 0. The van der Waals surface area contributed by atoms with Crippen molar-refractivity contribution < 1.29 is 19.1 Å². The average molecular weight is 401 g/mol. The molecule has 2 unspecified atom stereocenters. The molecule has 1 amide bonds. The number of nitrogens with zero attached hydrogens (tertiary/aromatic N) is 1. The lowest BCUT2D eigenvalue weighted by atomic mass is 9.80. The SMILES string of the molecule is CSNC1CCCN(C(=O)COC(C)=O)C1COC1CCC(C(C)C)CC1. The predicted octanol–water partition coefficient (Wildman–Crippen LogP) is 3.01. The Morgan fingerprint density at radius 1 is 1.19 bits per heavy atom. The number of hydrogen-bond acceptors (Lipinski definition) is 6. The second-order valence-corrected chi connectivity index (χ2v) is 8.76. The van der Waals surface area contributed by atoms with Gasteiger partial charge in [0.25, 0.3) is 5.91 Å². The van der Waals surface area contributed by atoms with Crippen LogP contribution in [0.2, 0.25) is 0 Å². The zero-order chi connectivity index (χ0) is 19.8. The molecule has 1 N–H and O–H groups in total. The van der Waals surface area contributed by atoms with E-state index in [0.717, 1.165) is 37.5 Å². The van der Waals surface area contributed by atoms with E-state index in [-0.39, 0.29) is 24.6 Å². The van der Waals surface area contributed by atoms with E-state index in [0.29, 0.717) is 19.3 Å². The highest BCUT2D eigenvalue weighted by molar-refractivity contribution is 7.96. The van der Waals surface area contributed by atoms with Gasteiger partial charge in [-0.15, -0.1) is 0 Å². The molecule has 1 aliphatic heterocycles. The number of nitrogens with one attached hydrogen (secondary N) is 1. The molecular weight excluding hydrogens is 364 g/mol. The molecule has 2 rings (SSSR count). The first-order valence-electron chi connectivity index (χ1n) is 10.2. The monoisotopic (exact) mass is 400 g/mol. The first-order chi connectivity index (χ1) is 12.9. The molecule has 2 fully saturated rings. The normalized spacial score (nSPS) is 29.0. The molecule has 2 atom stereocenters. The van der Waals surface area contributed by atoms with Gasteiger partial charge in [0.05, 0.1) is 18.8 Å². The summed E-state index contributed by atoms with van der Waals surface area (Å²) < 4.78 is 14.6. The molecule has 0 aromatic heterocycles. The molecule has 0 bridgehead atoms. The molecule has 1 heterocycles. The predicted molar refractivity (Wildman–Crippen MR) is 108 cm³/mol. The standard InChI is InChI=1S/C20H36N2O4S/c1-14(2)16-7-9-17(10-8-16)26-12-19-18(21-27-4)6-5-11-22(19)20(24)13-25-15(3)23/h14,16-19,21H,5-13H2,1-4H3. The molecule has 0 spiro atoms. The number of rotatable bonds is 8. The van der Waals surface area contributed by atoms with Gasteiger partial charge in [0.2, 0.25) is 0 Å². The third kappa shape index (κ3) is 6.95. The third-order valence-corrected chi connectivity index (χ3v) is 6.47. The third-order valence-electron chi connectivity index (χ3n) is 5.93. The molecule has 0 aromatic rings. The van der Waals surface area contributed by atoms with Crippen molar-refractivity contribution >= 4 is 23.8 Å². The van der Waals surface area contributed by atoms with Gasteiger partial charge in [0.1, 0.15) is 0 Å². The minimum atomic E-state index is -0.422. The van der Waals surface area contributed by atoms with E-state index < -0.39 is 5.97 Å². The van der Waals surface area contributed by atoms with E-state index in [2.05, 4.69) is 18.6 Å². The first kappa shape index (κ1) is 22.5. The van der Waals surface area contributed by atoms with Gasteiger partial charge in [-0.05, 0) is 56.6 Å². The molecule has 6 nitrogen and oxygen atoms in total. The van der Waals surface area contributed by atoms with Crippen LogP contribution in [0.5, 0.6) is 0 Å². The highest BCUT2D eigenvalue weighted by Gasteiger charge is 2.35. The molecule has 0 aromatic carbocycles. The average Bonchev–Trinajstić information content (AvgIpc) is 2.65. The Kier molecular flexibility index (Phi) is 9.39. The van der Waals surface area contributed by atoms with Gasteiger partial charge in [-0.25, -0.2) is 0 Å². The van der Waals surface area contributed by atoms with Crippen molar-refractivity contribution in [3.63, 3.8) is 0 Å². The summed E-state index contributed by atoms with van der Waals surface area (Å²) in [6, 6.07) is 0.180. The summed E-state index contributed by atoms with van der Waals surface area (Å²) in [5, 5.41) is 0. The first-order valence-corrected chi connectivity index (χ1v) is 11.5. The summed E-state index contributed by atoms with van der Waals surface area (Å²) >= 11 is 1.58. The van der Waals surface area contributed by atoms with Crippen LogP contribution >= 0.6 is 11.9 Å². The second-order valence-electron chi connectivity index (χ2n) is 8.12. The van der Waals surface area contributed by atoms with Crippen LogP contribution in [0.1, 0.15) is 59.3 Å². The number of carbonyl (C=O) groups is 2. The van der Waals surface area contributed by atoms with Crippen LogP contribution < -0.4 is 4.72 Å². The number of ether oxygens (including phenoxy) is 2. The lowest BCUT2D eigenvalue weighted by Gasteiger charge is -2.42. The number of likely N-dealkylation sites (tertiary alicyclic amines) is 1. The lowest BCUT2D eigenvalue weighted by Crippen LogP contribution is -2.57. The highest BCUT2D eigenvalue weighted by atomic mass is 32.2. The van der Waals surface area contributed by atoms with Gasteiger partial charge >= 0.3 is 5.97 Å². The Labute approximate surface area is 168 Å². The summed E-state index contributed by atoms with van der Waals surface area (Å²) in [5.41, 5.74) is 0. The Bertz CT molecular complexity index is 479. The Morgan fingerprint density at radius 2 is 1.89 bits per heavy atom. The highest BCUT2D eigenvalue weighted by Crippen LogP contribution is 2.31. The van der Waals surface area contributed by atoms with Gasteiger partial charge in [-0.1, -0.05) is 25.8 Å². The minimum Gasteiger partial charge on any atom is -0.456 e. The number of amides is 1. The molecule has 27 heavy (non-hydrogen) atoms. The molecule has 1 saturated carbocycles. The fourth-order valence-corrected chi connectivity index (χ4v) is 4.84. The molecule has 0 radical (unpaired) electrons. The lowest BCUT2D eigenvalue weighted by molar-refractivity contribution is -0.153. The van der Waals surface area contributed by atoms with Gasteiger partial charge in [0, 0.05) is 19.5 Å². The Hall–Kier alpha value is -0.790. The van der Waals surface area contributed by atoms with Gasteiger partial charge in [-0.2, -0.15) is 0 Å². The second kappa shape index (κ2) is 11.3. The molecule has 1 aliphatic carbocycles. The smallest absolute Gasteiger partial charge is 0.303 e. The van der Waals surface area contributed by atoms with E-state index in [1.807, 2.05) is 11.2 Å². The maximum Gasteiger partial charge on any atom is 0.303 e. The number of hydrogen-bond donors (Lipinski definition) is 1. The van der Waals surface area contributed by atoms with Crippen LogP contribution in [0.3, 0.4) is 0 Å². The minimum absolute atomic E-state index is 0.0166. The van der Waals surface area contributed by atoms with Gasteiger partial charge in [0.15, 0.2) is 6.61 Å². The molecule has 2 aliphatic rings. The Morgan fingerprint density at radius 3 is 2.48 bits per heavy atom. The quantitative estimate of drug-likeness (QED) is 0.499. The van der Waals surface area contributed by atoms with E-state index >= 15 is 0 Å². The van der Waals surface area contributed by atoms with Crippen molar-refractivity contribution in [3.8, 4) is 0 Å². The fourth-order valence-electron chi connectivity index (χ4n) is 4.26. The van der Waals surface area contributed by atoms with Crippen molar-refractivity contribution in [2.45, 2.75) is 77.5 Å². The van der Waals surface area contributed by atoms with Crippen molar-refractivity contribution in [3.05, 3.63) is 0 Å². The van der Waals surface area contributed by atoms with Crippen molar-refractivity contribution in [1.29, 1.82) is 0 Å². The number of piperidine rings is 1. The summed E-state index contributed by atoms with van der Waals surface area (Å²) in [5.74, 6) is 1.00. The van der Waals surface area contributed by atoms with Crippen LogP contribution in [0.4, 0.5) is 0 Å². The Balaban J connectivity index is 1.92. The number of carbonyl (C=O) groups excluding carboxylic acids is 2. The largest absolute Gasteiger partial charge is 0.456 e. The van der Waals surface area contributed by atoms with Crippen molar-refractivity contribution in [2.75, 3.05) is 26.0 Å². The molecule has 7 heteroatoms. The summed E-state index contributed by atoms with van der Waals surface area (Å²) in [4.78, 5) is 25.5.